The summed E-state index contributed by atoms with van der Waals surface area (Å²) in [6.07, 6.45) is 0. The van der Waals surface area contributed by atoms with Crippen LogP contribution in [0.1, 0.15) is 10.4 Å². The lowest BCUT2D eigenvalue weighted by Crippen LogP contribution is -2.21. The Labute approximate surface area is 189 Å². The minimum absolute atomic E-state index is 0.207. The second-order valence-electron chi connectivity index (χ2n) is 6.74. The fourth-order valence-electron chi connectivity index (χ4n) is 3.07. The van der Waals surface area contributed by atoms with Gasteiger partial charge in [0.2, 0.25) is 5.75 Å². The molecule has 8 heteroatoms. The highest BCUT2D eigenvalue weighted by molar-refractivity contribution is 7.99. The van der Waals surface area contributed by atoms with Gasteiger partial charge in [0, 0.05) is 9.79 Å². The first-order chi connectivity index (χ1) is 15.6. The lowest BCUT2D eigenvalue weighted by molar-refractivity contribution is -0.119. The Bertz CT molecular complexity index is 1100. The van der Waals surface area contributed by atoms with Gasteiger partial charge in [-0.1, -0.05) is 42.1 Å². The van der Waals surface area contributed by atoms with Crippen LogP contribution < -0.4 is 19.5 Å². The molecule has 3 aromatic rings. The van der Waals surface area contributed by atoms with Crippen LogP contribution in [0.5, 0.6) is 17.2 Å². The van der Waals surface area contributed by atoms with E-state index in [4.69, 9.17) is 18.9 Å². The van der Waals surface area contributed by atoms with Crippen LogP contribution in [0.15, 0.2) is 76.5 Å². The maximum absolute atomic E-state index is 12.5. The predicted octanol–water partition coefficient (Wildman–Crippen LogP) is 4.41. The largest absolute Gasteiger partial charge is 0.493 e. The summed E-state index contributed by atoms with van der Waals surface area (Å²) in [5, 5.41) is 2.80. The fraction of sp³-hybridized carbons (Fsp3) is 0.167. The number of rotatable bonds is 7. The average molecular weight is 452 g/mol. The number of nitrogens with one attached hydrogen (secondary N) is 1. The number of methoxy groups -OCH3 is 1. The molecule has 1 aliphatic heterocycles. The smallest absolute Gasteiger partial charge is 0.338 e. The molecule has 0 atom stereocenters. The molecule has 1 aliphatic rings. The quantitative estimate of drug-likeness (QED) is 0.533. The highest BCUT2D eigenvalue weighted by Gasteiger charge is 2.22. The highest BCUT2D eigenvalue weighted by Crippen LogP contribution is 2.40. The molecule has 3 aromatic carbocycles. The molecule has 1 N–H and O–H groups in total. The number of anilines is 1. The number of benzene rings is 3. The Morgan fingerprint density at radius 2 is 1.75 bits per heavy atom. The van der Waals surface area contributed by atoms with Crippen LogP contribution in [0.25, 0.3) is 0 Å². The first-order valence-corrected chi connectivity index (χ1v) is 10.7. The molecular weight excluding hydrogens is 430 g/mol. The lowest BCUT2D eigenvalue weighted by Gasteiger charge is -2.21. The van der Waals surface area contributed by atoms with Gasteiger partial charge in [-0.05, 0) is 36.4 Å². The number of carbonyl (C=O) groups is 2. The number of para-hydroxylation sites is 1. The van der Waals surface area contributed by atoms with Gasteiger partial charge in [-0.3, -0.25) is 4.79 Å². The zero-order valence-electron chi connectivity index (χ0n) is 17.3. The van der Waals surface area contributed by atoms with E-state index in [1.807, 2.05) is 48.5 Å². The van der Waals surface area contributed by atoms with Gasteiger partial charge in [-0.15, -0.1) is 0 Å². The molecule has 0 aliphatic carbocycles. The van der Waals surface area contributed by atoms with Gasteiger partial charge < -0.3 is 24.3 Å². The predicted molar refractivity (Wildman–Crippen MR) is 120 cm³/mol. The molecule has 0 radical (unpaired) electrons. The van der Waals surface area contributed by atoms with Crippen LogP contribution in [0.3, 0.4) is 0 Å². The van der Waals surface area contributed by atoms with Crippen molar-refractivity contribution < 1.29 is 28.5 Å². The molecule has 1 amide bonds. The molecule has 0 saturated carbocycles. The minimum atomic E-state index is -0.664. The zero-order valence-corrected chi connectivity index (χ0v) is 18.1. The molecule has 0 bridgehead atoms. The number of hydrogen-bond donors (Lipinski definition) is 1. The number of fused-ring (bicyclic) bond motifs is 1. The molecule has 4 rings (SSSR count). The van der Waals surface area contributed by atoms with Crippen LogP contribution in [-0.4, -0.2) is 38.8 Å². The standard InChI is InChI=1S/C24H21NO6S/c1-28-19-13-16(14-20-23(19)30-12-11-29-20)24(27)31-15-22(26)25-18-9-5-6-10-21(18)32-17-7-3-2-4-8-17/h2-10,13-14H,11-12,15H2,1H3,(H,25,26). The minimum Gasteiger partial charge on any atom is -0.493 e. The molecule has 1 heterocycles. The van der Waals surface area contributed by atoms with Crippen molar-refractivity contribution in [3.63, 3.8) is 0 Å². The second-order valence-corrected chi connectivity index (χ2v) is 7.85. The van der Waals surface area contributed by atoms with E-state index in [0.717, 1.165) is 9.79 Å². The van der Waals surface area contributed by atoms with Crippen molar-refractivity contribution in [2.45, 2.75) is 9.79 Å². The Balaban J connectivity index is 1.39. The van der Waals surface area contributed by atoms with Gasteiger partial charge in [0.05, 0.1) is 18.4 Å². The molecule has 0 unspecified atom stereocenters. The fourth-order valence-corrected chi connectivity index (χ4v) is 3.99. The highest BCUT2D eigenvalue weighted by atomic mass is 32.2. The van der Waals surface area contributed by atoms with Crippen LogP contribution >= 0.6 is 11.8 Å². The third kappa shape index (κ3) is 5.15. The van der Waals surface area contributed by atoms with Gasteiger partial charge in [-0.25, -0.2) is 4.79 Å². The maximum atomic E-state index is 12.5. The van der Waals surface area contributed by atoms with Crippen LogP contribution in [0.2, 0.25) is 0 Å². The van der Waals surface area contributed by atoms with Crippen molar-refractivity contribution in [2.75, 3.05) is 32.2 Å². The number of ether oxygens (including phenoxy) is 4. The molecule has 7 nitrogen and oxygen atoms in total. The van der Waals surface area contributed by atoms with E-state index >= 15 is 0 Å². The van der Waals surface area contributed by atoms with Crippen molar-refractivity contribution in [3.8, 4) is 17.2 Å². The van der Waals surface area contributed by atoms with E-state index in [9.17, 15) is 9.59 Å². The summed E-state index contributed by atoms with van der Waals surface area (Å²) in [6.45, 7) is 0.342. The summed E-state index contributed by atoms with van der Waals surface area (Å²) in [4.78, 5) is 26.9. The molecule has 0 fully saturated rings. The van der Waals surface area contributed by atoms with Crippen molar-refractivity contribution in [2.24, 2.45) is 0 Å². The third-order valence-electron chi connectivity index (χ3n) is 4.53. The van der Waals surface area contributed by atoms with E-state index in [-0.39, 0.29) is 5.56 Å². The summed E-state index contributed by atoms with van der Waals surface area (Å²) in [6, 6.07) is 20.3. The van der Waals surface area contributed by atoms with Crippen molar-refractivity contribution in [3.05, 3.63) is 72.3 Å². The number of amides is 1. The average Bonchev–Trinajstić information content (AvgIpc) is 2.83. The van der Waals surface area contributed by atoms with Gasteiger partial charge in [0.15, 0.2) is 18.1 Å². The van der Waals surface area contributed by atoms with Crippen molar-refractivity contribution in [1.29, 1.82) is 0 Å². The van der Waals surface area contributed by atoms with Crippen LogP contribution in [0, 0.1) is 0 Å². The molecule has 0 aromatic heterocycles. The second kappa shape index (κ2) is 10.1. The van der Waals surface area contributed by atoms with E-state index < -0.39 is 18.5 Å². The molecule has 0 spiro atoms. The number of esters is 1. The number of hydrogen-bond acceptors (Lipinski definition) is 7. The van der Waals surface area contributed by atoms with Crippen LogP contribution in [-0.2, 0) is 9.53 Å². The Morgan fingerprint density at radius 1 is 1.00 bits per heavy atom. The van der Waals surface area contributed by atoms with Crippen LogP contribution in [0.4, 0.5) is 5.69 Å². The molecule has 32 heavy (non-hydrogen) atoms. The molecular formula is C24H21NO6S. The van der Waals surface area contributed by atoms with E-state index in [2.05, 4.69) is 5.32 Å². The van der Waals surface area contributed by atoms with Gasteiger partial charge in [0.25, 0.3) is 5.91 Å². The third-order valence-corrected chi connectivity index (χ3v) is 5.61. The Hall–Kier alpha value is -3.65. The Morgan fingerprint density at radius 3 is 2.56 bits per heavy atom. The first-order valence-electron chi connectivity index (χ1n) is 9.90. The van der Waals surface area contributed by atoms with E-state index in [0.29, 0.717) is 36.1 Å². The Kier molecular flexibility index (Phi) is 6.81. The lowest BCUT2D eigenvalue weighted by atomic mass is 10.1. The van der Waals surface area contributed by atoms with E-state index in [1.165, 1.54) is 31.0 Å². The van der Waals surface area contributed by atoms with Gasteiger partial charge in [0.1, 0.15) is 13.2 Å². The van der Waals surface area contributed by atoms with Crippen molar-refractivity contribution >= 4 is 29.3 Å². The van der Waals surface area contributed by atoms with E-state index in [1.54, 1.807) is 6.07 Å². The normalized spacial score (nSPS) is 12.0. The first kappa shape index (κ1) is 21.6. The molecule has 0 saturated heterocycles. The maximum Gasteiger partial charge on any atom is 0.338 e. The van der Waals surface area contributed by atoms with Gasteiger partial charge >= 0.3 is 5.97 Å². The van der Waals surface area contributed by atoms with Gasteiger partial charge in [-0.2, -0.15) is 0 Å². The summed E-state index contributed by atoms with van der Waals surface area (Å²) in [5.41, 5.74) is 0.849. The van der Waals surface area contributed by atoms with Crippen molar-refractivity contribution in [1.82, 2.24) is 0 Å². The molecule has 164 valence electrons. The SMILES string of the molecule is COc1cc(C(=O)OCC(=O)Nc2ccccc2Sc2ccccc2)cc2c1OCCO2. The monoisotopic (exact) mass is 451 g/mol. The zero-order chi connectivity index (χ0) is 22.3. The summed E-state index contributed by atoms with van der Waals surface area (Å²) in [7, 11) is 1.47. The summed E-state index contributed by atoms with van der Waals surface area (Å²) < 4.78 is 21.5. The summed E-state index contributed by atoms with van der Waals surface area (Å²) >= 11 is 1.53. The number of carbonyl (C=O) groups excluding carboxylic acids is 2. The topological polar surface area (TPSA) is 83.1 Å². The summed E-state index contributed by atoms with van der Waals surface area (Å²) in [5.74, 6) is 0.108.